The van der Waals surface area contributed by atoms with Gasteiger partial charge in [-0.15, -0.1) is 0 Å². The summed E-state index contributed by atoms with van der Waals surface area (Å²) in [6.45, 7) is 0. The molecule has 7 heteroatoms. The zero-order valence-electron chi connectivity index (χ0n) is 17.0. The summed E-state index contributed by atoms with van der Waals surface area (Å²) in [6, 6.07) is 10.0. The number of amides is 1. The molecule has 3 unspecified atom stereocenters. The lowest BCUT2D eigenvalue weighted by molar-refractivity contribution is -0.124. The topological polar surface area (TPSA) is 54.6 Å². The molecular formula is C23H24N2O3S2. The Hall–Kier alpha value is -2.25. The van der Waals surface area contributed by atoms with Crippen LogP contribution < -0.4 is 9.47 Å². The van der Waals surface area contributed by atoms with Gasteiger partial charge in [0.1, 0.15) is 15.8 Å². The fraction of sp³-hybridized carbons (Fsp3) is 0.391. The van der Waals surface area contributed by atoms with Gasteiger partial charge in [-0.05, 0) is 61.4 Å². The van der Waals surface area contributed by atoms with Crippen LogP contribution in [0.3, 0.4) is 0 Å². The number of aromatic nitrogens is 1. The van der Waals surface area contributed by atoms with Crippen LogP contribution in [0, 0.1) is 11.8 Å². The molecule has 5 rings (SSSR count). The highest BCUT2D eigenvalue weighted by Gasteiger charge is 2.47. The maximum Gasteiger partial charge on any atom is 0.266 e. The van der Waals surface area contributed by atoms with Crippen molar-refractivity contribution in [2.75, 3.05) is 14.2 Å². The number of rotatable bonds is 5. The Morgan fingerprint density at radius 2 is 1.90 bits per heavy atom. The van der Waals surface area contributed by atoms with Crippen LogP contribution in [-0.2, 0) is 4.79 Å². The molecule has 3 fully saturated rings. The zero-order valence-corrected chi connectivity index (χ0v) is 18.6. The van der Waals surface area contributed by atoms with Crippen LogP contribution in [0.2, 0.25) is 0 Å². The molecular weight excluding hydrogens is 416 g/mol. The molecule has 0 spiro atoms. The molecule has 2 heterocycles. The highest BCUT2D eigenvalue weighted by Crippen LogP contribution is 2.49. The molecule has 0 radical (unpaired) electrons. The molecule has 1 aromatic carbocycles. The molecule has 3 aliphatic rings. The van der Waals surface area contributed by atoms with Gasteiger partial charge in [0.15, 0.2) is 0 Å². The smallest absolute Gasteiger partial charge is 0.266 e. The number of aromatic amines is 1. The minimum atomic E-state index is 0.0572. The lowest BCUT2D eigenvalue weighted by atomic mass is 9.94. The summed E-state index contributed by atoms with van der Waals surface area (Å²) >= 11 is 7.01. The van der Waals surface area contributed by atoms with Gasteiger partial charge in [0.25, 0.3) is 5.91 Å². The van der Waals surface area contributed by atoms with Crippen molar-refractivity contribution in [3.8, 4) is 22.8 Å². The first kappa shape index (κ1) is 19.7. The van der Waals surface area contributed by atoms with Gasteiger partial charge < -0.3 is 14.5 Å². The molecule has 1 aromatic heterocycles. The largest absolute Gasteiger partial charge is 0.497 e. The average molecular weight is 441 g/mol. The highest BCUT2D eigenvalue weighted by atomic mass is 32.2. The predicted octanol–water partition coefficient (Wildman–Crippen LogP) is 5.09. The SMILES string of the molecule is COc1cc(OC)cc(-c2ccc(C=C3SC(=S)N(C4CC5CCC4C5)C3=O)[nH]2)c1. The van der Waals surface area contributed by atoms with Crippen LogP contribution in [0.15, 0.2) is 35.2 Å². The fourth-order valence-electron chi connectivity index (χ4n) is 5.06. The standard InChI is InChI=1S/C23H24N2O3S2/c1-27-17-9-15(10-18(12-17)28-2)19-6-5-16(24-19)11-21-22(26)25(23(29)30-21)20-8-13-3-4-14(20)7-13/h5-6,9-14,20,24H,3-4,7-8H2,1-2H3. The van der Waals surface area contributed by atoms with Gasteiger partial charge in [-0.25, -0.2) is 0 Å². The quantitative estimate of drug-likeness (QED) is 0.519. The Balaban J connectivity index is 1.38. The van der Waals surface area contributed by atoms with E-state index in [9.17, 15) is 4.79 Å². The molecule has 1 aliphatic heterocycles. The van der Waals surface area contributed by atoms with Gasteiger partial charge >= 0.3 is 0 Å². The Morgan fingerprint density at radius 1 is 1.13 bits per heavy atom. The van der Waals surface area contributed by atoms with E-state index in [1.54, 1.807) is 14.2 Å². The number of methoxy groups -OCH3 is 2. The summed E-state index contributed by atoms with van der Waals surface area (Å²) in [5.74, 6) is 2.91. The fourth-order valence-corrected chi connectivity index (χ4v) is 6.43. The second kappa shape index (κ2) is 7.78. The van der Waals surface area contributed by atoms with E-state index in [-0.39, 0.29) is 5.91 Å². The number of nitrogens with zero attached hydrogens (tertiary/aromatic N) is 1. The highest BCUT2D eigenvalue weighted by molar-refractivity contribution is 8.26. The van der Waals surface area contributed by atoms with E-state index in [1.165, 1.54) is 31.0 Å². The predicted molar refractivity (Wildman–Crippen MR) is 124 cm³/mol. The Morgan fingerprint density at radius 3 is 2.53 bits per heavy atom. The van der Waals surface area contributed by atoms with Crippen molar-refractivity contribution in [1.82, 2.24) is 9.88 Å². The molecule has 30 heavy (non-hydrogen) atoms. The molecule has 1 amide bonds. The van der Waals surface area contributed by atoms with Gasteiger partial charge in [-0.3, -0.25) is 9.69 Å². The van der Waals surface area contributed by atoms with E-state index in [1.807, 2.05) is 41.3 Å². The second-order valence-corrected chi connectivity index (χ2v) is 9.90. The number of benzene rings is 1. The monoisotopic (exact) mass is 440 g/mol. The molecule has 5 nitrogen and oxygen atoms in total. The van der Waals surface area contributed by atoms with Crippen molar-refractivity contribution in [3.63, 3.8) is 0 Å². The molecule has 156 valence electrons. The number of nitrogens with one attached hydrogen (secondary N) is 1. The first-order valence-corrected chi connectivity index (χ1v) is 11.5. The minimum Gasteiger partial charge on any atom is -0.497 e. The van der Waals surface area contributed by atoms with Crippen LogP contribution in [0.5, 0.6) is 11.5 Å². The summed E-state index contributed by atoms with van der Waals surface area (Å²) in [7, 11) is 3.27. The van der Waals surface area contributed by atoms with Gasteiger partial charge in [-0.1, -0.05) is 30.4 Å². The molecule has 2 bridgehead atoms. The van der Waals surface area contributed by atoms with Crippen LogP contribution in [-0.4, -0.2) is 40.4 Å². The zero-order chi connectivity index (χ0) is 20.8. The van der Waals surface area contributed by atoms with E-state index < -0.39 is 0 Å². The van der Waals surface area contributed by atoms with E-state index in [0.717, 1.165) is 40.8 Å². The number of fused-ring (bicyclic) bond motifs is 2. The number of hydrogen-bond acceptors (Lipinski definition) is 5. The Kier molecular flexibility index (Phi) is 5.11. The van der Waals surface area contributed by atoms with Crippen LogP contribution >= 0.6 is 24.0 Å². The number of carbonyl (C=O) groups is 1. The first-order valence-electron chi connectivity index (χ1n) is 10.2. The molecule has 1 N–H and O–H groups in total. The summed E-state index contributed by atoms with van der Waals surface area (Å²) in [5, 5.41) is 0. The van der Waals surface area contributed by atoms with E-state index >= 15 is 0 Å². The number of hydrogen-bond donors (Lipinski definition) is 1. The van der Waals surface area contributed by atoms with E-state index in [4.69, 9.17) is 21.7 Å². The van der Waals surface area contributed by atoms with E-state index in [2.05, 4.69) is 4.98 Å². The van der Waals surface area contributed by atoms with Crippen LogP contribution in [0.1, 0.15) is 31.4 Å². The molecule has 2 saturated carbocycles. The summed E-state index contributed by atoms with van der Waals surface area (Å²) < 4.78 is 11.4. The Labute approximate surface area is 185 Å². The van der Waals surface area contributed by atoms with Crippen molar-refractivity contribution in [3.05, 3.63) is 40.9 Å². The van der Waals surface area contributed by atoms with Crippen molar-refractivity contribution in [2.24, 2.45) is 11.8 Å². The Bertz CT molecular complexity index is 1020. The summed E-state index contributed by atoms with van der Waals surface area (Å²) in [5.41, 5.74) is 2.77. The number of thiocarbonyl (C=S) groups is 1. The minimum absolute atomic E-state index is 0.0572. The maximum atomic E-state index is 13.1. The van der Waals surface area contributed by atoms with Crippen molar-refractivity contribution < 1.29 is 14.3 Å². The summed E-state index contributed by atoms with van der Waals surface area (Å²) in [6.07, 6.45) is 6.81. The normalized spacial score (nSPS) is 26.8. The van der Waals surface area contributed by atoms with Crippen molar-refractivity contribution >= 4 is 40.3 Å². The average Bonchev–Trinajstić information content (AvgIpc) is 3.53. The molecule has 2 aromatic rings. The number of carbonyl (C=O) groups excluding carboxylic acids is 1. The third-order valence-corrected chi connectivity index (χ3v) is 7.84. The lowest BCUT2D eigenvalue weighted by Gasteiger charge is -2.30. The van der Waals surface area contributed by atoms with Gasteiger partial charge in [0.05, 0.1) is 19.1 Å². The van der Waals surface area contributed by atoms with Gasteiger partial charge in [-0.2, -0.15) is 0 Å². The molecule has 2 aliphatic carbocycles. The number of ether oxygens (including phenoxy) is 2. The number of H-pyrrole nitrogens is 1. The second-order valence-electron chi connectivity index (χ2n) is 8.22. The van der Waals surface area contributed by atoms with Gasteiger partial charge in [0.2, 0.25) is 0 Å². The molecule has 1 saturated heterocycles. The van der Waals surface area contributed by atoms with Crippen molar-refractivity contribution in [1.29, 1.82) is 0 Å². The lowest BCUT2D eigenvalue weighted by Crippen LogP contribution is -2.41. The third kappa shape index (κ3) is 3.44. The first-order chi connectivity index (χ1) is 14.6. The summed E-state index contributed by atoms with van der Waals surface area (Å²) in [4.78, 5) is 19.1. The third-order valence-electron chi connectivity index (χ3n) is 6.51. The van der Waals surface area contributed by atoms with Crippen LogP contribution in [0.25, 0.3) is 17.3 Å². The number of thioether (sulfide) groups is 1. The molecule has 3 atom stereocenters. The van der Waals surface area contributed by atoms with Gasteiger partial charge in [0, 0.05) is 29.1 Å². The van der Waals surface area contributed by atoms with E-state index in [0.29, 0.717) is 21.2 Å². The van der Waals surface area contributed by atoms with Crippen molar-refractivity contribution in [2.45, 2.75) is 31.7 Å². The van der Waals surface area contributed by atoms with Crippen LogP contribution in [0.4, 0.5) is 0 Å². The maximum absolute atomic E-state index is 13.1.